The molecule has 1 heterocycles. The van der Waals surface area contributed by atoms with Crippen LogP contribution in [0, 0.1) is 0 Å². The predicted octanol–water partition coefficient (Wildman–Crippen LogP) is 1.15. The van der Waals surface area contributed by atoms with Crippen LogP contribution in [0.3, 0.4) is 0 Å². The van der Waals surface area contributed by atoms with Crippen LogP contribution in [0.5, 0.6) is 0 Å². The van der Waals surface area contributed by atoms with Crippen LogP contribution in [-0.2, 0) is 16.9 Å². The fraction of sp³-hybridized carbons (Fsp3) is 0.700. The minimum atomic E-state index is -0.859. The van der Waals surface area contributed by atoms with Crippen LogP contribution in [0.25, 0.3) is 0 Å². The lowest BCUT2D eigenvalue weighted by atomic mass is 9.98. The molecule has 1 atom stereocenters. The van der Waals surface area contributed by atoms with Crippen molar-refractivity contribution >= 4 is 0 Å². The fourth-order valence-electron chi connectivity index (χ4n) is 1.47. The second kappa shape index (κ2) is 4.57. The minimum Gasteiger partial charge on any atom is -0.385 e. The van der Waals surface area contributed by atoms with Crippen molar-refractivity contribution in [3.63, 3.8) is 0 Å². The van der Waals surface area contributed by atoms with Gasteiger partial charge in [0.15, 0.2) is 0 Å². The normalized spacial score (nSPS) is 15.4. The number of methoxy groups -OCH3 is 1. The van der Waals surface area contributed by atoms with E-state index in [0.717, 1.165) is 12.2 Å². The number of nitrogens with zero attached hydrogens (tertiary/aromatic N) is 2. The average Bonchev–Trinajstić information content (AvgIpc) is 2.63. The topological polar surface area (TPSA) is 47.3 Å². The van der Waals surface area contributed by atoms with Crippen molar-refractivity contribution in [3.05, 3.63) is 18.0 Å². The molecule has 0 aliphatic carbocycles. The van der Waals surface area contributed by atoms with Gasteiger partial charge < -0.3 is 9.84 Å². The van der Waals surface area contributed by atoms with E-state index in [4.69, 9.17) is 4.74 Å². The number of rotatable bonds is 5. The van der Waals surface area contributed by atoms with Gasteiger partial charge in [0.1, 0.15) is 5.60 Å². The van der Waals surface area contributed by atoms with Crippen molar-refractivity contribution in [1.29, 1.82) is 0 Å². The summed E-state index contributed by atoms with van der Waals surface area (Å²) in [6, 6.07) is 1.85. The third-order valence-corrected chi connectivity index (χ3v) is 2.36. The Kier molecular flexibility index (Phi) is 3.66. The van der Waals surface area contributed by atoms with Crippen LogP contribution < -0.4 is 0 Å². The fourth-order valence-corrected chi connectivity index (χ4v) is 1.47. The first-order valence-electron chi connectivity index (χ1n) is 4.85. The average molecular weight is 198 g/mol. The highest BCUT2D eigenvalue weighted by molar-refractivity contribution is 5.10. The van der Waals surface area contributed by atoms with E-state index in [9.17, 15) is 5.11 Å². The van der Waals surface area contributed by atoms with Gasteiger partial charge in [-0.25, -0.2) is 0 Å². The number of hydrogen-bond donors (Lipinski definition) is 1. The molecule has 14 heavy (non-hydrogen) atoms. The van der Waals surface area contributed by atoms with Crippen LogP contribution >= 0.6 is 0 Å². The lowest BCUT2D eigenvalue weighted by molar-refractivity contribution is 0.0136. The highest BCUT2D eigenvalue weighted by Gasteiger charge is 2.26. The van der Waals surface area contributed by atoms with Gasteiger partial charge in [0.05, 0.1) is 5.69 Å². The Hall–Kier alpha value is -0.870. The lowest BCUT2D eigenvalue weighted by Crippen LogP contribution is -2.26. The standard InChI is InChI=1S/C10H18N2O2/c1-4-12-9(5-7-11-12)10(2,13)6-8-14-3/h5,7,13H,4,6,8H2,1-3H3. The zero-order valence-electron chi connectivity index (χ0n) is 9.03. The van der Waals surface area contributed by atoms with E-state index in [1.807, 2.05) is 13.0 Å². The Bertz CT molecular complexity index is 281. The van der Waals surface area contributed by atoms with E-state index in [-0.39, 0.29) is 0 Å². The van der Waals surface area contributed by atoms with Crippen molar-refractivity contribution in [2.45, 2.75) is 32.4 Å². The summed E-state index contributed by atoms with van der Waals surface area (Å²) in [5.74, 6) is 0. The summed E-state index contributed by atoms with van der Waals surface area (Å²) in [5.41, 5.74) is -0.0141. The monoisotopic (exact) mass is 198 g/mol. The Morgan fingerprint density at radius 3 is 2.93 bits per heavy atom. The van der Waals surface area contributed by atoms with E-state index >= 15 is 0 Å². The summed E-state index contributed by atoms with van der Waals surface area (Å²) in [7, 11) is 1.63. The zero-order chi connectivity index (χ0) is 10.6. The predicted molar refractivity (Wildman–Crippen MR) is 54.0 cm³/mol. The number of ether oxygens (including phenoxy) is 1. The number of aromatic nitrogens is 2. The van der Waals surface area contributed by atoms with E-state index in [1.165, 1.54) is 0 Å². The molecule has 0 amide bonds. The van der Waals surface area contributed by atoms with Crippen molar-refractivity contribution in [1.82, 2.24) is 9.78 Å². The number of aryl methyl sites for hydroxylation is 1. The smallest absolute Gasteiger partial charge is 0.106 e. The van der Waals surface area contributed by atoms with Crippen LogP contribution in [0.15, 0.2) is 12.3 Å². The molecule has 0 aliphatic heterocycles. The van der Waals surface area contributed by atoms with Gasteiger partial charge in [0.2, 0.25) is 0 Å². The first-order chi connectivity index (χ1) is 6.61. The molecule has 1 N–H and O–H groups in total. The highest BCUT2D eigenvalue weighted by Crippen LogP contribution is 2.23. The van der Waals surface area contributed by atoms with Crippen LogP contribution in [0.4, 0.5) is 0 Å². The Balaban J connectivity index is 2.79. The third-order valence-electron chi connectivity index (χ3n) is 2.36. The number of aliphatic hydroxyl groups is 1. The molecular formula is C10H18N2O2. The molecule has 0 saturated carbocycles. The Labute approximate surface area is 84.5 Å². The van der Waals surface area contributed by atoms with E-state index in [0.29, 0.717) is 13.0 Å². The molecule has 1 unspecified atom stereocenters. The second-order valence-corrected chi connectivity index (χ2v) is 3.55. The summed E-state index contributed by atoms with van der Waals surface area (Å²) in [5, 5.41) is 14.3. The molecule has 1 aromatic heterocycles. The van der Waals surface area contributed by atoms with Crippen molar-refractivity contribution < 1.29 is 9.84 Å². The van der Waals surface area contributed by atoms with Crippen LogP contribution in [-0.4, -0.2) is 28.6 Å². The third kappa shape index (κ3) is 2.33. The molecule has 0 fully saturated rings. The van der Waals surface area contributed by atoms with Crippen molar-refractivity contribution in [2.24, 2.45) is 0 Å². The molecule has 0 aromatic carbocycles. The van der Waals surface area contributed by atoms with Crippen molar-refractivity contribution in [2.75, 3.05) is 13.7 Å². The quantitative estimate of drug-likeness (QED) is 0.772. The van der Waals surface area contributed by atoms with E-state index in [1.54, 1.807) is 24.9 Å². The highest BCUT2D eigenvalue weighted by atomic mass is 16.5. The molecular weight excluding hydrogens is 180 g/mol. The van der Waals surface area contributed by atoms with Gasteiger partial charge in [-0.1, -0.05) is 0 Å². The molecule has 1 aromatic rings. The van der Waals surface area contributed by atoms with Gasteiger partial charge in [-0.05, 0) is 19.9 Å². The van der Waals surface area contributed by atoms with Gasteiger partial charge >= 0.3 is 0 Å². The van der Waals surface area contributed by atoms with Gasteiger partial charge in [0, 0.05) is 32.9 Å². The second-order valence-electron chi connectivity index (χ2n) is 3.55. The zero-order valence-corrected chi connectivity index (χ0v) is 9.03. The lowest BCUT2D eigenvalue weighted by Gasteiger charge is -2.23. The maximum Gasteiger partial charge on any atom is 0.106 e. The van der Waals surface area contributed by atoms with Crippen LogP contribution in [0.2, 0.25) is 0 Å². The molecule has 0 spiro atoms. The number of hydrogen-bond acceptors (Lipinski definition) is 3. The van der Waals surface area contributed by atoms with Gasteiger partial charge in [-0.15, -0.1) is 0 Å². The SMILES string of the molecule is CCn1nccc1C(C)(O)CCOC. The summed E-state index contributed by atoms with van der Waals surface area (Å²) in [4.78, 5) is 0. The maximum atomic E-state index is 10.2. The molecule has 1 rings (SSSR count). The van der Waals surface area contributed by atoms with Gasteiger partial charge in [-0.3, -0.25) is 4.68 Å². The van der Waals surface area contributed by atoms with Gasteiger partial charge in [0.25, 0.3) is 0 Å². The van der Waals surface area contributed by atoms with E-state index in [2.05, 4.69) is 5.10 Å². The minimum absolute atomic E-state index is 0.544. The van der Waals surface area contributed by atoms with Crippen LogP contribution in [0.1, 0.15) is 26.0 Å². The summed E-state index contributed by atoms with van der Waals surface area (Å²) in [6.45, 7) is 5.10. The molecule has 0 radical (unpaired) electrons. The van der Waals surface area contributed by atoms with Gasteiger partial charge in [-0.2, -0.15) is 5.10 Å². The Morgan fingerprint density at radius 1 is 1.64 bits per heavy atom. The summed E-state index contributed by atoms with van der Waals surface area (Å²) >= 11 is 0. The molecule has 0 saturated heterocycles. The van der Waals surface area contributed by atoms with E-state index < -0.39 is 5.60 Å². The first-order valence-corrected chi connectivity index (χ1v) is 4.85. The molecule has 4 nitrogen and oxygen atoms in total. The Morgan fingerprint density at radius 2 is 2.36 bits per heavy atom. The molecule has 0 aliphatic rings. The molecule has 80 valence electrons. The largest absolute Gasteiger partial charge is 0.385 e. The summed E-state index contributed by atoms with van der Waals surface area (Å²) < 4.78 is 6.76. The summed E-state index contributed by atoms with van der Waals surface area (Å²) in [6.07, 6.45) is 2.29. The van der Waals surface area contributed by atoms with Crippen molar-refractivity contribution in [3.8, 4) is 0 Å². The molecule has 0 bridgehead atoms. The first kappa shape index (κ1) is 11.2. The maximum absolute atomic E-state index is 10.2. The molecule has 4 heteroatoms.